The van der Waals surface area contributed by atoms with Gasteiger partial charge in [0.05, 0.1) is 18.3 Å². The quantitative estimate of drug-likeness (QED) is 0.470. The van der Waals surface area contributed by atoms with Crippen molar-refractivity contribution in [1.29, 1.82) is 0 Å². The SMILES string of the molecule is CC(C)C1OCC(c2ccccc2C(F)(F)F)C(C/C=C\CCCC(=O)O)O1. The fourth-order valence-electron chi connectivity index (χ4n) is 3.27. The summed E-state index contributed by atoms with van der Waals surface area (Å²) in [5.74, 6) is -1.29. The van der Waals surface area contributed by atoms with Crippen LogP contribution < -0.4 is 0 Å². The monoisotopic (exact) mass is 400 g/mol. The van der Waals surface area contributed by atoms with Gasteiger partial charge in [-0.1, -0.05) is 44.2 Å². The number of hydrogen-bond donors (Lipinski definition) is 1. The van der Waals surface area contributed by atoms with E-state index in [4.69, 9.17) is 14.6 Å². The number of benzene rings is 1. The van der Waals surface area contributed by atoms with Crippen molar-refractivity contribution in [2.24, 2.45) is 5.92 Å². The van der Waals surface area contributed by atoms with Crippen LogP contribution in [0, 0.1) is 5.92 Å². The Balaban J connectivity index is 2.15. The lowest BCUT2D eigenvalue weighted by Crippen LogP contribution is -2.41. The van der Waals surface area contributed by atoms with Crippen LogP contribution in [0.3, 0.4) is 0 Å². The maximum atomic E-state index is 13.4. The van der Waals surface area contributed by atoms with Gasteiger partial charge in [0.15, 0.2) is 6.29 Å². The van der Waals surface area contributed by atoms with Crippen LogP contribution in [0.25, 0.3) is 0 Å². The highest BCUT2D eigenvalue weighted by atomic mass is 19.4. The molecule has 1 aromatic carbocycles. The highest BCUT2D eigenvalue weighted by Gasteiger charge is 2.40. The Hall–Kier alpha value is -1.86. The first-order valence-corrected chi connectivity index (χ1v) is 9.50. The Morgan fingerprint density at radius 2 is 2.00 bits per heavy atom. The van der Waals surface area contributed by atoms with Crippen molar-refractivity contribution in [3.63, 3.8) is 0 Å². The zero-order valence-electron chi connectivity index (χ0n) is 16.1. The molecule has 1 aromatic rings. The molecule has 156 valence electrons. The second-order valence-electron chi connectivity index (χ2n) is 7.30. The van der Waals surface area contributed by atoms with Gasteiger partial charge in [0, 0.05) is 18.3 Å². The highest BCUT2D eigenvalue weighted by molar-refractivity contribution is 5.66. The molecule has 0 aromatic heterocycles. The molecule has 0 aliphatic carbocycles. The number of carbonyl (C=O) groups is 1. The van der Waals surface area contributed by atoms with Gasteiger partial charge in [0.1, 0.15) is 0 Å². The molecule has 0 radical (unpaired) electrons. The summed E-state index contributed by atoms with van der Waals surface area (Å²) in [5, 5.41) is 8.66. The zero-order valence-corrected chi connectivity index (χ0v) is 16.1. The predicted octanol–water partition coefficient (Wildman–Crippen LogP) is 5.39. The summed E-state index contributed by atoms with van der Waals surface area (Å²) in [5.41, 5.74) is -0.480. The van der Waals surface area contributed by atoms with E-state index in [2.05, 4.69) is 0 Å². The number of carboxylic acids is 1. The van der Waals surface area contributed by atoms with Crippen LogP contribution in [0.5, 0.6) is 0 Å². The van der Waals surface area contributed by atoms with Gasteiger partial charge in [-0.15, -0.1) is 0 Å². The average molecular weight is 400 g/mol. The zero-order chi connectivity index (χ0) is 20.7. The number of aliphatic carboxylic acids is 1. The first kappa shape index (κ1) is 22.4. The minimum Gasteiger partial charge on any atom is -0.481 e. The molecule has 1 heterocycles. The Morgan fingerprint density at radius 1 is 1.29 bits per heavy atom. The molecule has 3 atom stereocenters. The third kappa shape index (κ3) is 6.34. The second kappa shape index (κ2) is 10.1. The minimum absolute atomic E-state index is 0.0841. The fourth-order valence-corrected chi connectivity index (χ4v) is 3.27. The van der Waals surface area contributed by atoms with Crippen molar-refractivity contribution in [1.82, 2.24) is 0 Å². The molecule has 1 saturated heterocycles. The van der Waals surface area contributed by atoms with Crippen LogP contribution in [-0.4, -0.2) is 30.1 Å². The predicted molar refractivity (Wildman–Crippen MR) is 98.9 cm³/mol. The molecular formula is C21H27F3O4. The van der Waals surface area contributed by atoms with E-state index in [1.807, 2.05) is 26.0 Å². The summed E-state index contributed by atoms with van der Waals surface area (Å²) >= 11 is 0. The van der Waals surface area contributed by atoms with Crippen molar-refractivity contribution in [2.75, 3.05) is 6.61 Å². The van der Waals surface area contributed by atoms with Crippen molar-refractivity contribution < 1.29 is 32.5 Å². The summed E-state index contributed by atoms with van der Waals surface area (Å²) in [7, 11) is 0. The Morgan fingerprint density at radius 3 is 2.64 bits per heavy atom. The Bertz CT molecular complexity index is 670. The van der Waals surface area contributed by atoms with Gasteiger partial charge >= 0.3 is 12.1 Å². The fraction of sp³-hybridized carbons (Fsp3) is 0.571. The molecule has 1 N–H and O–H groups in total. The van der Waals surface area contributed by atoms with E-state index in [0.29, 0.717) is 19.3 Å². The average Bonchev–Trinajstić information content (AvgIpc) is 2.63. The van der Waals surface area contributed by atoms with Crippen molar-refractivity contribution in [2.45, 2.75) is 64.0 Å². The molecule has 2 rings (SSSR count). The van der Waals surface area contributed by atoms with Crippen LogP contribution in [0.15, 0.2) is 36.4 Å². The number of alkyl halides is 3. The van der Waals surface area contributed by atoms with E-state index in [-0.39, 0.29) is 24.5 Å². The summed E-state index contributed by atoms with van der Waals surface area (Å²) in [4.78, 5) is 10.5. The summed E-state index contributed by atoms with van der Waals surface area (Å²) in [6.07, 6.45) is 0.0358. The third-order valence-electron chi connectivity index (χ3n) is 4.70. The number of ether oxygens (including phenoxy) is 2. The number of allylic oxidation sites excluding steroid dienone is 1. The summed E-state index contributed by atoms with van der Waals surface area (Å²) in [6.45, 7) is 4.04. The topological polar surface area (TPSA) is 55.8 Å². The Kier molecular flexibility index (Phi) is 8.07. The minimum atomic E-state index is -4.44. The number of rotatable bonds is 8. The van der Waals surface area contributed by atoms with Gasteiger partial charge in [0.25, 0.3) is 0 Å². The molecule has 28 heavy (non-hydrogen) atoms. The smallest absolute Gasteiger partial charge is 0.416 e. The standard InChI is InChI=1S/C21H27F3O4/c1-14(2)20-27-13-16(15-9-7-8-10-17(15)21(22,23)24)18(28-20)11-5-3-4-6-12-19(25)26/h3,5,7-10,14,16,18,20H,4,6,11-13H2,1-2H3,(H,25,26)/b5-3-. The first-order valence-electron chi connectivity index (χ1n) is 9.50. The van der Waals surface area contributed by atoms with E-state index in [1.54, 1.807) is 6.07 Å². The number of carboxylic acid groups (broad SMARTS) is 1. The van der Waals surface area contributed by atoms with Gasteiger partial charge in [0.2, 0.25) is 0 Å². The van der Waals surface area contributed by atoms with Crippen molar-refractivity contribution in [3.8, 4) is 0 Å². The molecule has 0 spiro atoms. The van der Waals surface area contributed by atoms with E-state index < -0.39 is 36.0 Å². The number of unbranched alkanes of at least 4 members (excludes halogenated alkanes) is 1. The van der Waals surface area contributed by atoms with Crippen molar-refractivity contribution in [3.05, 3.63) is 47.5 Å². The van der Waals surface area contributed by atoms with Crippen LogP contribution in [0.1, 0.15) is 56.6 Å². The molecule has 0 saturated carbocycles. The second-order valence-corrected chi connectivity index (χ2v) is 7.30. The van der Waals surface area contributed by atoms with Crippen LogP contribution in [0.2, 0.25) is 0 Å². The molecule has 3 unspecified atom stereocenters. The van der Waals surface area contributed by atoms with Crippen LogP contribution >= 0.6 is 0 Å². The molecule has 4 nitrogen and oxygen atoms in total. The molecular weight excluding hydrogens is 373 g/mol. The molecule has 0 amide bonds. The summed E-state index contributed by atoms with van der Waals surface area (Å²) < 4.78 is 52.0. The molecule has 7 heteroatoms. The van der Waals surface area contributed by atoms with E-state index in [9.17, 15) is 18.0 Å². The molecule has 1 aliphatic rings. The number of halogens is 3. The molecule has 0 bridgehead atoms. The molecule has 1 fully saturated rings. The normalized spacial score (nSPS) is 23.4. The van der Waals surface area contributed by atoms with Crippen LogP contribution in [-0.2, 0) is 20.4 Å². The maximum absolute atomic E-state index is 13.4. The van der Waals surface area contributed by atoms with Gasteiger partial charge < -0.3 is 14.6 Å². The van der Waals surface area contributed by atoms with Gasteiger partial charge in [-0.3, -0.25) is 4.79 Å². The highest BCUT2D eigenvalue weighted by Crippen LogP contribution is 2.40. The lowest BCUT2D eigenvalue weighted by molar-refractivity contribution is -0.238. The third-order valence-corrected chi connectivity index (χ3v) is 4.70. The Labute approximate surface area is 163 Å². The van der Waals surface area contributed by atoms with E-state index >= 15 is 0 Å². The first-order chi connectivity index (χ1) is 13.2. The van der Waals surface area contributed by atoms with E-state index in [1.165, 1.54) is 12.1 Å². The van der Waals surface area contributed by atoms with Gasteiger partial charge in [-0.05, 0) is 30.9 Å². The maximum Gasteiger partial charge on any atom is 0.416 e. The van der Waals surface area contributed by atoms with E-state index in [0.717, 1.165) is 6.07 Å². The largest absolute Gasteiger partial charge is 0.481 e. The lowest BCUT2D eigenvalue weighted by atomic mass is 9.87. The lowest BCUT2D eigenvalue weighted by Gasteiger charge is -2.39. The van der Waals surface area contributed by atoms with Gasteiger partial charge in [-0.25, -0.2) is 0 Å². The number of hydrogen-bond acceptors (Lipinski definition) is 3. The molecule has 1 aliphatic heterocycles. The van der Waals surface area contributed by atoms with Crippen LogP contribution in [0.4, 0.5) is 13.2 Å². The van der Waals surface area contributed by atoms with Gasteiger partial charge in [-0.2, -0.15) is 13.2 Å². The summed E-state index contributed by atoms with van der Waals surface area (Å²) in [6, 6.07) is 5.55. The van der Waals surface area contributed by atoms with Crippen molar-refractivity contribution >= 4 is 5.97 Å².